The van der Waals surface area contributed by atoms with Crippen molar-refractivity contribution in [1.82, 2.24) is 0 Å². The fourth-order valence-corrected chi connectivity index (χ4v) is 4.04. The van der Waals surface area contributed by atoms with Gasteiger partial charge in [-0.3, -0.25) is 9.00 Å². The lowest BCUT2D eigenvalue weighted by Gasteiger charge is -2.09. The summed E-state index contributed by atoms with van der Waals surface area (Å²) in [6.45, 7) is 0.495. The van der Waals surface area contributed by atoms with Crippen molar-refractivity contribution in [3.63, 3.8) is 0 Å². The predicted molar refractivity (Wildman–Crippen MR) is 82.8 cm³/mol. The Kier molecular flexibility index (Phi) is 5.73. The monoisotopic (exact) mass is 294 g/mol. The molecule has 1 aliphatic carbocycles. The summed E-state index contributed by atoms with van der Waals surface area (Å²) in [4.78, 5) is 11.8. The second-order valence-electron chi connectivity index (χ2n) is 5.19. The molecule has 0 aromatic heterocycles. The number of carbonyl (C=O) groups is 1. The summed E-state index contributed by atoms with van der Waals surface area (Å²) in [5, 5.41) is 3.14. The van der Waals surface area contributed by atoms with Gasteiger partial charge in [0, 0.05) is 40.5 Å². The van der Waals surface area contributed by atoms with Gasteiger partial charge in [-0.25, -0.2) is 0 Å². The highest BCUT2D eigenvalue weighted by Gasteiger charge is 2.21. The first-order chi connectivity index (χ1) is 9.69. The van der Waals surface area contributed by atoms with Crippen LogP contribution in [0.25, 0.3) is 0 Å². The lowest BCUT2D eigenvalue weighted by molar-refractivity contribution is -0.115. The molecule has 1 unspecified atom stereocenters. The molecule has 1 saturated carbocycles. The molecule has 110 valence electrons. The van der Waals surface area contributed by atoms with Gasteiger partial charge in [-0.1, -0.05) is 25.0 Å². The number of rotatable bonds is 6. The van der Waals surface area contributed by atoms with Crippen LogP contribution in [0.15, 0.2) is 24.3 Å². The van der Waals surface area contributed by atoms with Crippen LogP contribution in [0.1, 0.15) is 37.7 Å². The largest absolute Gasteiger partial charge is 0.326 e. The molecule has 4 nitrogen and oxygen atoms in total. The molecule has 1 aliphatic rings. The standard InChI is InChI=1S/C15H22N2O2S/c16-11-12-5-7-13(8-6-12)17-15(18)9-10-20(19)14-3-1-2-4-14/h5-8,14H,1-4,9-11,16H2,(H,17,18). The van der Waals surface area contributed by atoms with Gasteiger partial charge >= 0.3 is 0 Å². The number of hydrogen-bond donors (Lipinski definition) is 2. The van der Waals surface area contributed by atoms with Crippen molar-refractivity contribution in [1.29, 1.82) is 0 Å². The highest BCUT2D eigenvalue weighted by molar-refractivity contribution is 7.85. The molecule has 1 fully saturated rings. The molecule has 5 heteroatoms. The predicted octanol–water partition coefficient (Wildman–Crippen LogP) is 2.17. The Labute approximate surface area is 122 Å². The van der Waals surface area contributed by atoms with E-state index >= 15 is 0 Å². The number of nitrogens with one attached hydrogen (secondary N) is 1. The van der Waals surface area contributed by atoms with Crippen molar-refractivity contribution in [3.8, 4) is 0 Å². The summed E-state index contributed by atoms with van der Waals surface area (Å²) in [5.41, 5.74) is 7.32. The topological polar surface area (TPSA) is 72.2 Å². The van der Waals surface area contributed by atoms with Crippen LogP contribution in [-0.2, 0) is 22.1 Å². The fourth-order valence-electron chi connectivity index (χ4n) is 2.46. The van der Waals surface area contributed by atoms with Gasteiger partial charge in [0.2, 0.25) is 5.91 Å². The highest BCUT2D eigenvalue weighted by Crippen LogP contribution is 2.23. The van der Waals surface area contributed by atoms with Gasteiger partial charge in [0.15, 0.2) is 0 Å². The van der Waals surface area contributed by atoms with Crippen molar-refractivity contribution in [3.05, 3.63) is 29.8 Å². The van der Waals surface area contributed by atoms with E-state index in [-0.39, 0.29) is 5.91 Å². The number of nitrogens with two attached hydrogens (primary N) is 1. The first-order valence-electron chi connectivity index (χ1n) is 7.15. The molecular formula is C15H22N2O2S. The third-order valence-corrected chi connectivity index (χ3v) is 5.50. The highest BCUT2D eigenvalue weighted by atomic mass is 32.2. The van der Waals surface area contributed by atoms with Crippen molar-refractivity contribution in [2.75, 3.05) is 11.1 Å². The number of benzene rings is 1. The summed E-state index contributed by atoms with van der Waals surface area (Å²) in [7, 11) is -0.856. The van der Waals surface area contributed by atoms with Gasteiger partial charge in [-0.2, -0.15) is 0 Å². The maximum Gasteiger partial charge on any atom is 0.225 e. The molecule has 0 bridgehead atoms. The minimum atomic E-state index is -0.856. The van der Waals surface area contributed by atoms with Crippen molar-refractivity contribution in [2.24, 2.45) is 5.73 Å². The summed E-state index contributed by atoms with van der Waals surface area (Å²) in [6, 6.07) is 7.47. The third kappa shape index (κ3) is 4.42. The molecule has 0 aliphatic heterocycles. The number of carbonyl (C=O) groups excluding carboxylic acids is 1. The number of anilines is 1. The Morgan fingerprint density at radius 1 is 1.25 bits per heavy atom. The van der Waals surface area contributed by atoms with E-state index in [9.17, 15) is 9.00 Å². The van der Waals surface area contributed by atoms with Crippen LogP contribution in [0.2, 0.25) is 0 Å². The van der Waals surface area contributed by atoms with Crippen molar-refractivity contribution >= 4 is 22.4 Å². The van der Waals surface area contributed by atoms with Crippen LogP contribution < -0.4 is 11.1 Å². The van der Waals surface area contributed by atoms with Crippen LogP contribution in [0, 0.1) is 0 Å². The Morgan fingerprint density at radius 2 is 1.90 bits per heavy atom. The van der Waals surface area contributed by atoms with E-state index < -0.39 is 10.8 Å². The minimum Gasteiger partial charge on any atom is -0.326 e. The SMILES string of the molecule is NCc1ccc(NC(=O)CCS(=O)C2CCCC2)cc1. The van der Waals surface area contributed by atoms with Crippen LogP contribution in [0.5, 0.6) is 0 Å². The number of amides is 1. The summed E-state index contributed by atoms with van der Waals surface area (Å²) < 4.78 is 12.0. The summed E-state index contributed by atoms with van der Waals surface area (Å²) in [6.07, 6.45) is 4.78. The average molecular weight is 294 g/mol. The zero-order valence-electron chi connectivity index (χ0n) is 11.6. The molecule has 0 heterocycles. The fraction of sp³-hybridized carbons (Fsp3) is 0.533. The second-order valence-corrected chi connectivity index (χ2v) is 7.03. The van der Waals surface area contributed by atoms with Crippen LogP contribution in [0.3, 0.4) is 0 Å². The average Bonchev–Trinajstić information content (AvgIpc) is 3.00. The molecule has 0 saturated heterocycles. The normalized spacial score (nSPS) is 17.1. The van der Waals surface area contributed by atoms with E-state index in [0.29, 0.717) is 24.0 Å². The lowest BCUT2D eigenvalue weighted by atomic mass is 10.2. The van der Waals surface area contributed by atoms with Crippen molar-refractivity contribution < 1.29 is 9.00 Å². The van der Waals surface area contributed by atoms with E-state index in [4.69, 9.17) is 5.73 Å². The van der Waals surface area contributed by atoms with Gasteiger partial charge in [-0.05, 0) is 30.5 Å². The second kappa shape index (κ2) is 7.55. The molecule has 0 spiro atoms. The summed E-state index contributed by atoms with van der Waals surface area (Å²) in [5.74, 6) is 0.397. The Hall–Kier alpha value is -1.20. The molecule has 1 atom stereocenters. The summed E-state index contributed by atoms with van der Waals surface area (Å²) >= 11 is 0. The first kappa shape index (κ1) is 15.2. The Balaban J connectivity index is 1.75. The zero-order valence-corrected chi connectivity index (χ0v) is 12.5. The molecule has 2 rings (SSSR count). The van der Waals surface area contributed by atoms with Crippen molar-refractivity contribution in [2.45, 2.75) is 43.9 Å². The zero-order chi connectivity index (χ0) is 14.4. The molecule has 1 aromatic rings. The molecular weight excluding hydrogens is 272 g/mol. The van der Waals surface area contributed by atoms with Crippen LogP contribution in [0.4, 0.5) is 5.69 Å². The van der Waals surface area contributed by atoms with E-state index in [1.54, 1.807) is 0 Å². The van der Waals surface area contributed by atoms with E-state index in [1.807, 2.05) is 24.3 Å². The maximum absolute atomic E-state index is 12.0. The molecule has 0 radical (unpaired) electrons. The van der Waals surface area contributed by atoms with Gasteiger partial charge in [0.25, 0.3) is 0 Å². The van der Waals surface area contributed by atoms with Crippen LogP contribution >= 0.6 is 0 Å². The first-order valence-corrected chi connectivity index (χ1v) is 8.53. The molecule has 20 heavy (non-hydrogen) atoms. The Morgan fingerprint density at radius 3 is 2.50 bits per heavy atom. The smallest absolute Gasteiger partial charge is 0.225 e. The lowest BCUT2D eigenvalue weighted by Crippen LogP contribution is -2.19. The van der Waals surface area contributed by atoms with E-state index in [1.165, 1.54) is 12.8 Å². The molecule has 1 aromatic carbocycles. The minimum absolute atomic E-state index is 0.0724. The Bertz CT molecular complexity index is 467. The molecule has 3 N–H and O–H groups in total. The van der Waals surface area contributed by atoms with Gasteiger partial charge in [0.05, 0.1) is 0 Å². The molecule has 1 amide bonds. The van der Waals surface area contributed by atoms with E-state index in [2.05, 4.69) is 5.32 Å². The maximum atomic E-state index is 12.0. The van der Waals surface area contributed by atoms with E-state index in [0.717, 1.165) is 24.1 Å². The number of hydrogen-bond acceptors (Lipinski definition) is 3. The van der Waals surface area contributed by atoms with Crippen LogP contribution in [-0.4, -0.2) is 21.1 Å². The van der Waals surface area contributed by atoms with Gasteiger partial charge in [0.1, 0.15) is 0 Å². The third-order valence-electron chi connectivity index (χ3n) is 3.68. The van der Waals surface area contributed by atoms with Gasteiger partial charge in [-0.15, -0.1) is 0 Å². The quantitative estimate of drug-likeness (QED) is 0.844. The van der Waals surface area contributed by atoms with Gasteiger partial charge < -0.3 is 11.1 Å².